The van der Waals surface area contributed by atoms with Crippen LogP contribution in [0.15, 0.2) is 54.6 Å². The molecule has 0 bridgehead atoms. The van der Waals surface area contributed by atoms with Crippen LogP contribution in [0.4, 0.5) is 8.78 Å². The first kappa shape index (κ1) is 25.2. The Kier molecular flexibility index (Phi) is 8.51. The summed E-state index contributed by atoms with van der Waals surface area (Å²) in [6, 6.07) is 14.0. The molecular weight excluding hydrogens is 495 g/mol. The molecule has 2 aromatic carbocycles. The van der Waals surface area contributed by atoms with E-state index >= 15 is 0 Å². The third-order valence-electron chi connectivity index (χ3n) is 4.84. The fourth-order valence-electron chi connectivity index (χ4n) is 3.15. The molecule has 0 fully saturated rings. The van der Waals surface area contributed by atoms with E-state index in [-0.39, 0.29) is 39.2 Å². The van der Waals surface area contributed by atoms with Gasteiger partial charge in [-0.2, -0.15) is 4.98 Å². The van der Waals surface area contributed by atoms with Crippen LogP contribution >= 0.6 is 34.8 Å². The van der Waals surface area contributed by atoms with Gasteiger partial charge in [0.25, 0.3) is 6.43 Å². The minimum absolute atomic E-state index is 0.0449. The lowest BCUT2D eigenvalue weighted by atomic mass is 9.88. The summed E-state index contributed by atoms with van der Waals surface area (Å²) in [5, 5.41) is 0.503. The number of esters is 1. The van der Waals surface area contributed by atoms with E-state index in [1.807, 2.05) is 13.8 Å². The molecule has 0 radical (unpaired) electrons. The molecule has 0 aliphatic heterocycles. The Labute approximate surface area is 205 Å². The van der Waals surface area contributed by atoms with Crippen LogP contribution in [0.25, 0.3) is 0 Å². The minimum atomic E-state index is -2.56. The standard InChI is InChI=1S/C24H20Cl3F2NO3/c1-13(2)20(15-5-7-16(8-6-15)22(28)29)24(31)32-12-14-3-9-17(10-4-14)33-23-19(26)11-18(25)21(27)30-23/h3-11,13,20,22H,12H2,1-2H3. The lowest BCUT2D eigenvalue weighted by Crippen LogP contribution is -2.21. The minimum Gasteiger partial charge on any atom is -0.460 e. The number of hydrogen-bond acceptors (Lipinski definition) is 4. The summed E-state index contributed by atoms with van der Waals surface area (Å²) in [4.78, 5) is 16.7. The topological polar surface area (TPSA) is 48.4 Å². The highest BCUT2D eigenvalue weighted by Gasteiger charge is 2.26. The number of hydrogen-bond donors (Lipinski definition) is 0. The van der Waals surface area contributed by atoms with Crippen LogP contribution in [0.2, 0.25) is 15.2 Å². The summed E-state index contributed by atoms with van der Waals surface area (Å²) >= 11 is 17.8. The Morgan fingerprint density at radius 3 is 2.12 bits per heavy atom. The molecule has 0 saturated heterocycles. The number of aromatic nitrogens is 1. The molecule has 3 rings (SSSR count). The number of halogens is 5. The lowest BCUT2D eigenvalue weighted by Gasteiger charge is -2.20. The highest BCUT2D eigenvalue weighted by atomic mass is 35.5. The first-order valence-electron chi connectivity index (χ1n) is 9.98. The number of carbonyl (C=O) groups is 1. The van der Waals surface area contributed by atoms with E-state index in [0.29, 0.717) is 11.3 Å². The molecule has 3 aromatic rings. The van der Waals surface area contributed by atoms with E-state index in [1.54, 1.807) is 36.4 Å². The molecule has 4 nitrogen and oxygen atoms in total. The summed E-state index contributed by atoms with van der Waals surface area (Å²) in [7, 11) is 0. The average Bonchev–Trinajstić information content (AvgIpc) is 2.77. The summed E-state index contributed by atoms with van der Waals surface area (Å²) in [6.45, 7) is 3.80. The van der Waals surface area contributed by atoms with Crippen molar-refractivity contribution in [1.29, 1.82) is 0 Å². The van der Waals surface area contributed by atoms with Crippen molar-refractivity contribution < 1.29 is 23.0 Å². The highest BCUT2D eigenvalue weighted by molar-refractivity contribution is 6.42. The Morgan fingerprint density at radius 2 is 1.55 bits per heavy atom. The van der Waals surface area contributed by atoms with Crippen LogP contribution in [-0.4, -0.2) is 11.0 Å². The summed E-state index contributed by atoms with van der Waals surface area (Å²) < 4.78 is 36.7. The second-order valence-corrected chi connectivity index (χ2v) is 8.76. The number of alkyl halides is 2. The fourth-order valence-corrected chi connectivity index (χ4v) is 3.68. The van der Waals surface area contributed by atoms with Crippen molar-refractivity contribution in [3.63, 3.8) is 0 Å². The SMILES string of the molecule is CC(C)C(C(=O)OCc1ccc(Oc2nc(Cl)c(Cl)cc2Cl)cc1)c1ccc(C(F)F)cc1. The van der Waals surface area contributed by atoms with Crippen LogP contribution in [0.5, 0.6) is 11.6 Å². The van der Waals surface area contributed by atoms with Crippen molar-refractivity contribution in [2.45, 2.75) is 32.8 Å². The average molecular weight is 515 g/mol. The van der Waals surface area contributed by atoms with E-state index < -0.39 is 18.3 Å². The van der Waals surface area contributed by atoms with Gasteiger partial charge in [-0.3, -0.25) is 4.79 Å². The second kappa shape index (κ2) is 11.1. The Hall–Kier alpha value is -2.41. The molecule has 33 heavy (non-hydrogen) atoms. The maximum atomic E-state index is 12.8. The molecule has 1 unspecified atom stereocenters. The zero-order valence-corrected chi connectivity index (χ0v) is 20.0. The molecule has 0 aliphatic carbocycles. The third kappa shape index (κ3) is 6.56. The largest absolute Gasteiger partial charge is 0.460 e. The van der Waals surface area contributed by atoms with Crippen molar-refractivity contribution in [3.8, 4) is 11.6 Å². The summed E-state index contributed by atoms with van der Waals surface area (Å²) in [5.41, 5.74) is 1.28. The van der Waals surface area contributed by atoms with Crippen molar-refractivity contribution in [2.24, 2.45) is 5.92 Å². The number of nitrogens with zero attached hydrogens (tertiary/aromatic N) is 1. The molecule has 1 aromatic heterocycles. The van der Waals surface area contributed by atoms with Gasteiger partial charge in [-0.25, -0.2) is 8.78 Å². The normalized spacial score (nSPS) is 12.2. The quantitative estimate of drug-likeness (QED) is 0.224. The van der Waals surface area contributed by atoms with Gasteiger partial charge in [0.05, 0.1) is 10.9 Å². The maximum absolute atomic E-state index is 12.8. The first-order valence-corrected chi connectivity index (χ1v) is 11.1. The molecule has 0 aliphatic rings. The number of rotatable bonds is 8. The van der Waals surface area contributed by atoms with E-state index in [0.717, 1.165) is 5.56 Å². The van der Waals surface area contributed by atoms with Crippen molar-refractivity contribution in [3.05, 3.63) is 86.5 Å². The molecule has 1 atom stereocenters. The number of ether oxygens (including phenoxy) is 2. The van der Waals surface area contributed by atoms with E-state index in [4.69, 9.17) is 44.3 Å². The van der Waals surface area contributed by atoms with E-state index in [9.17, 15) is 13.6 Å². The molecule has 0 amide bonds. The first-order chi connectivity index (χ1) is 15.7. The van der Waals surface area contributed by atoms with Crippen molar-refractivity contribution >= 4 is 40.8 Å². The van der Waals surface area contributed by atoms with Gasteiger partial charge in [-0.15, -0.1) is 0 Å². The van der Waals surface area contributed by atoms with E-state index in [1.165, 1.54) is 18.2 Å². The lowest BCUT2D eigenvalue weighted by molar-refractivity contribution is -0.148. The Bertz CT molecular complexity index is 1110. The molecule has 0 saturated carbocycles. The predicted molar refractivity (Wildman–Crippen MR) is 125 cm³/mol. The number of carbonyl (C=O) groups excluding carboxylic acids is 1. The van der Waals surface area contributed by atoms with Crippen molar-refractivity contribution in [1.82, 2.24) is 4.98 Å². The molecule has 0 spiro atoms. The van der Waals surface area contributed by atoms with Gasteiger partial charge >= 0.3 is 5.97 Å². The predicted octanol–water partition coefficient (Wildman–Crippen LogP) is 8.25. The zero-order valence-electron chi connectivity index (χ0n) is 17.7. The van der Waals surface area contributed by atoms with Gasteiger partial charge in [0.15, 0.2) is 5.15 Å². The monoisotopic (exact) mass is 513 g/mol. The smallest absolute Gasteiger partial charge is 0.314 e. The van der Waals surface area contributed by atoms with Crippen LogP contribution in [0, 0.1) is 5.92 Å². The van der Waals surface area contributed by atoms with Crippen LogP contribution in [-0.2, 0) is 16.1 Å². The van der Waals surface area contributed by atoms with Gasteiger partial charge in [0.2, 0.25) is 5.88 Å². The van der Waals surface area contributed by atoms with Crippen LogP contribution in [0.3, 0.4) is 0 Å². The zero-order chi connectivity index (χ0) is 24.1. The highest BCUT2D eigenvalue weighted by Crippen LogP contribution is 2.33. The maximum Gasteiger partial charge on any atom is 0.314 e. The molecule has 1 heterocycles. The fraction of sp³-hybridized carbons (Fsp3) is 0.250. The molecule has 9 heteroatoms. The Morgan fingerprint density at radius 1 is 0.939 bits per heavy atom. The van der Waals surface area contributed by atoms with Gasteiger partial charge in [-0.05, 0) is 35.2 Å². The molecule has 0 N–H and O–H groups in total. The van der Waals surface area contributed by atoms with Gasteiger partial charge < -0.3 is 9.47 Å². The summed E-state index contributed by atoms with van der Waals surface area (Å²) in [6.07, 6.45) is -2.56. The Balaban J connectivity index is 1.63. The van der Waals surface area contributed by atoms with Crippen molar-refractivity contribution in [2.75, 3.05) is 0 Å². The van der Waals surface area contributed by atoms with Gasteiger partial charge in [0, 0.05) is 5.56 Å². The third-order valence-corrected chi connectivity index (χ3v) is 5.79. The summed E-state index contributed by atoms with van der Waals surface area (Å²) in [5.74, 6) is -0.502. The van der Waals surface area contributed by atoms with Gasteiger partial charge in [-0.1, -0.05) is 85.0 Å². The van der Waals surface area contributed by atoms with Gasteiger partial charge in [0.1, 0.15) is 17.4 Å². The number of pyridine rings is 1. The van der Waals surface area contributed by atoms with Crippen LogP contribution < -0.4 is 4.74 Å². The number of benzene rings is 2. The van der Waals surface area contributed by atoms with E-state index in [2.05, 4.69) is 4.98 Å². The second-order valence-electron chi connectivity index (χ2n) is 7.59. The molecule has 174 valence electrons. The van der Waals surface area contributed by atoms with Crippen LogP contribution in [0.1, 0.15) is 42.9 Å². The molecular formula is C24H20Cl3F2NO3.